The van der Waals surface area contributed by atoms with E-state index < -0.39 is 5.91 Å². The lowest BCUT2D eigenvalue weighted by Gasteiger charge is -2.21. The van der Waals surface area contributed by atoms with Gasteiger partial charge >= 0.3 is 0 Å². The number of hydrogen-bond acceptors (Lipinski definition) is 5. The van der Waals surface area contributed by atoms with Crippen molar-refractivity contribution in [3.63, 3.8) is 0 Å². The van der Waals surface area contributed by atoms with Gasteiger partial charge in [-0.25, -0.2) is 0 Å². The molecule has 1 fully saturated rings. The SMILES string of the molecule is CCCCOc1c(C(=O)NC2([C@@H](C)N)CC2)occc1=O. The van der Waals surface area contributed by atoms with Crippen molar-refractivity contribution < 1.29 is 13.9 Å². The van der Waals surface area contributed by atoms with E-state index in [0.717, 1.165) is 25.7 Å². The van der Waals surface area contributed by atoms with Crippen LogP contribution in [0.15, 0.2) is 21.5 Å². The van der Waals surface area contributed by atoms with Crippen LogP contribution in [0.1, 0.15) is 50.1 Å². The van der Waals surface area contributed by atoms with Crippen molar-refractivity contribution in [3.05, 3.63) is 28.3 Å². The molecule has 1 aromatic heterocycles. The monoisotopic (exact) mass is 294 g/mol. The quantitative estimate of drug-likeness (QED) is 0.742. The second kappa shape index (κ2) is 6.30. The van der Waals surface area contributed by atoms with Gasteiger partial charge in [-0.2, -0.15) is 0 Å². The van der Waals surface area contributed by atoms with Gasteiger partial charge in [0.15, 0.2) is 0 Å². The molecule has 1 aromatic rings. The zero-order valence-corrected chi connectivity index (χ0v) is 12.5. The third-order valence-electron chi connectivity index (χ3n) is 3.81. The average molecular weight is 294 g/mol. The molecule has 6 nitrogen and oxygen atoms in total. The van der Waals surface area contributed by atoms with Crippen LogP contribution < -0.4 is 21.2 Å². The third-order valence-corrected chi connectivity index (χ3v) is 3.81. The maximum atomic E-state index is 12.3. The number of carbonyl (C=O) groups is 1. The van der Waals surface area contributed by atoms with Gasteiger partial charge in [-0.3, -0.25) is 9.59 Å². The van der Waals surface area contributed by atoms with Gasteiger partial charge in [-0.05, 0) is 26.2 Å². The fourth-order valence-corrected chi connectivity index (χ4v) is 2.13. The molecule has 1 aliphatic rings. The van der Waals surface area contributed by atoms with Crippen LogP contribution in [0.25, 0.3) is 0 Å². The molecule has 116 valence electrons. The summed E-state index contributed by atoms with van der Waals surface area (Å²) in [7, 11) is 0. The summed E-state index contributed by atoms with van der Waals surface area (Å²) in [4.78, 5) is 24.2. The Labute approximate surface area is 123 Å². The Morgan fingerprint density at radius 2 is 2.29 bits per heavy atom. The summed E-state index contributed by atoms with van der Waals surface area (Å²) in [5, 5.41) is 2.86. The van der Waals surface area contributed by atoms with Crippen molar-refractivity contribution in [1.29, 1.82) is 0 Å². The fourth-order valence-electron chi connectivity index (χ4n) is 2.13. The summed E-state index contributed by atoms with van der Waals surface area (Å²) in [5.41, 5.74) is 5.15. The molecule has 0 aliphatic heterocycles. The number of hydrogen-bond donors (Lipinski definition) is 2. The number of carbonyl (C=O) groups excluding carboxylic acids is 1. The Hall–Kier alpha value is -1.82. The minimum absolute atomic E-state index is 0.0241. The normalized spacial score (nSPS) is 17.1. The Kier molecular flexibility index (Phi) is 4.67. The maximum Gasteiger partial charge on any atom is 0.291 e. The molecule has 1 heterocycles. The number of ether oxygens (including phenoxy) is 1. The molecule has 0 saturated heterocycles. The predicted octanol–water partition coefficient (Wildman–Crippen LogP) is 1.43. The summed E-state index contributed by atoms with van der Waals surface area (Å²) < 4.78 is 10.6. The molecule has 0 radical (unpaired) electrons. The minimum Gasteiger partial charge on any atom is -0.486 e. The summed E-state index contributed by atoms with van der Waals surface area (Å²) >= 11 is 0. The van der Waals surface area contributed by atoms with Crippen molar-refractivity contribution in [3.8, 4) is 5.75 Å². The smallest absolute Gasteiger partial charge is 0.291 e. The molecule has 3 N–H and O–H groups in total. The van der Waals surface area contributed by atoms with Crippen LogP contribution in [0.3, 0.4) is 0 Å². The van der Waals surface area contributed by atoms with Crippen molar-refractivity contribution in [2.24, 2.45) is 5.73 Å². The first-order valence-electron chi connectivity index (χ1n) is 7.33. The first-order chi connectivity index (χ1) is 10.00. The number of nitrogens with two attached hydrogens (primary N) is 1. The Morgan fingerprint density at radius 1 is 1.57 bits per heavy atom. The second-order valence-corrected chi connectivity index (χ2v) is 5.54. The van der Waals surface area contributed by atoms with Crippen molar-refractivity contribution in [2.75, 3.05) is 6.61 Å². The first-order valence-corrected chi connectivity index (χ1v) is 7.33. The van der Waals surface area contributed by atoms with Crippen LogP contribution in [0, 0.1) is 0 Å². The lowest BCUT2D eigenvalue weighted by atomic mass is 10.1. The Morgan fingerprint density at radius 3 is 2.86 bits per heavy atom. The van der Waals surface area contributed by atoms with Crippen LogP contribution in [0.4, 0.5) is 0 Å². The van der Waals surface area contributed by atoms with E-state index in [1.807, 2.05) is 13.8 Å². The number of unbranched alkanes of at least 4 members (excludes halogenated alkanes) is 1. The van der Waals surface area contributed by atoms with Crippen LogP contribution in [-0.2, 0) is 0 Å². The van der Waals surface area contributed by atoms with E-state index in [9.17, 15) is 9.59 Å². The van der Waals surface area contributed by atoms with Gasteiger partial charge in [0.2, 0.25) is 16.9 Å². The molecule has 0 unspecified atom stereocenters. The van der Waals surface area contributed by atoms with Gasteiger partial charge < -0.3 is 20.2 Å². The molecule has 0 aromatic carbocycles. The minimum atomic E-state index is -0.450. The summed E-state index contributed by atoms with van der Waals surface area (Å²) in [6, 6.07) is 1.10. The Balaban J connectivity index is 2.17. The highest BCUT2D eigenvalue weighted by molar-refractivity contribution is 5.94. The number of nitrogens with one attached hydrogen (secondary N) is 1. The van der Waals surface area contributed by atoms with E-state index in [4.69, 9.17) is 14.9 Å². The van der Waals surface area contributed by atoms with Gasteiger partial charge in [-0.15, -0.1) is 0 Å². The lowest BCUT2D eigenvalue weighted by molar-refractivity contribution is 0.0887. The third kappa shape index (κ3) is 3.44. The van der Waals surface area contributed by atoms with Gasteiger partial charge in [0, 0.05) is 12.1 Å². The summed E-state index contributed by atoms with van der Waals surface area (Å²) in [6.45, 7) is 4.25. The first kappa shape index (κ1) is 15.6. The molecule has 2 rings (SSSR count). The van der Waals surface area contributed by atoms with Crippen molar-refractivity contribution >= 4 is 5.91 Å². The number of amides is 1. The van der Waals surface area contributed by atoms with E-state index in [0.29, 0.717) is 6.61 Å². The standard InChI is InChI=1S/C15H22N2O4/c1-3-4-8-20-12-11(18)5-9-21-13(12)14(19)17-15(6-7-15)10(2)16/h5,9-10H,3-4,6-8,16H2,1-2H3,(H,17,19)/t10-/m1/s1. The predicted molar refractivity (Wildman–Crippen MR) is 78.5 cm³/mol. The molecule has 1 saturated carbocycles. The average Bonchev–Trinajstić information content (AvgIpc) is 3.21. The highest BCUT2D eigenvalue weighted by Crippen LogP contribution is 2.38. The zero-order valence-electron chi connectivity index (χ0n) is 12.5. The molecule has 1 amide bonds. The second-order valence-electron chi connectivity index (χ2n) is 5.54. The largest absolute Gasteiger partial charge is 0.486 e. The van der Waals surface area contributed by atoms with Gasteiger partial charge in [0.25, 0.3) is 5.91 Å². The molecule has 1 aliphatic carbocycles. The van der Waals surface area contributed by atoms with Gasteiger partial charge in [0.1, 0.15) is 0 Å². The molecule has 0 spiro atoms. The fraction of sp³-hybridized carbons (Fsp3) is 0.600. The van der Waals surface area contributed by atoms with Crippen molar-refractivity contribution in [1.82, 2.24) is 5.32 Å². The summed E-state index contributed by atoms with van der Waals surface area (Å²) in [6.07, 6.45) is 4.61. The molecule has 21 heavy (non-hydrogen) atoms. The zero-order chi connectivity index (χ0) is 15.5. The number of rotatable bonds is 7. The lowest BCUT2D eigenvalue weighted by Crippen LogP contribution is -2.48. The van der Waals surface area contributed by atoms with E-state index in [1.165, 1.54) is 12.3 Å². The van der Waals surface area contributed by atoms with Crippen LogP contribution in [0.2, 0.25) is 0 Å². The van der Waals surface area contributed by atoms with E-state index in [2.05, 4.69) is 5.32 Å². The molecule has 6 heteroatoms. The summed E-state index contributed by atoms with van der Waals surface area (Å²) in [5.74, 6) is -0.552. The maximum absolute atomic E-state index is 12.3. The van der Waals surface area contributed by atoms with Gasteiger partial charge in [0.05, 0.1) is 18.4 Å². The highest BCUT2D eigenvalue weighted by atomic mass is 16.5. The van der Waals surface area contributed by atoms with E-state index in [1.54, 1.807) is 0 Å². The molecule has 1 atom stereocenters. The van der Waals surface area contributed by atoms with Gasteiger partial charge in [-0.1, -0.05) is 13.3 Å². The molecular formula is C15H22N2O4. The molecule has 0 bridgehead atoms. The topological polar surface area (TPSA) is 94.6 Å². The van der Waals surface area contributed by atoms with Crippen LogP contribution >= 0.6 is 0 Å². The highest BCUT2D eigenvalue weighted by Gasteiger charge is 2.48. The van der Waals surface area contributed by atoms with Crippen LogP contribution in [-0.4, -0.2) is 24.1 Å². The van der Waals surface area contributed by atoms with Crippen LogP contribution in [0.5, 0.6) is 5.75 Å². The van der Waals surface area contributed by atoms with Crippen molar-refractivity contribution in [2.45, 2.75) is 51.1 Å². The van der Waals surface area contributed by atoms with E-state index in [-0.39, 0.29) is 28.5 Å². The Bertz CT molecular complexity index is 561. The molecular weight excluding hydrogens is 272 g/mol. The van der Waals surface area contributed by atoms with E-state index >= 15 is 0 Å².